The van der Waals surface area contributed by atoms with E-state index in [0.29, 0.717) is 6.54 Å². The summed E-state index contributed by atoms with van der Waals surface area (Å²) in [5.74, 6) is 0. The first-order chi connectivity index (χ1) is 4.83. The van der Waals surface area contributed by atoms with Crippen LogP contribution < -0.4 is 0 Å². The van der Waals surface area contributed by atoms with Gasteiger partial charge in [0.25, 0.3) is 13.1 Å². The Bertz CT molecular complexity index is 262. The van der Waals surface area contributed by atoms with E-state index in [9.17, 15) is 0 Å². The van der Waals surface area contributed by atoms with Crippen molar-refractivity contribution < 1.29 is 0 Å². The second-order valence-electron chi connectivity index (χ2n) is 1.97. The largest absolute Gasteiger partial charge is 0.288 e. The molecule has 1 rings (SSSR count). The minimum atomic E-state index is 0.608. The molecule has 0 amide bonds. The monoisotopic (exact) mass is 244 g/mol. The molecule has 2 heteroatoms. The summed E-state index contributed by atoms with van der Waals surface area (Å²) in [6.07, 6.45) is 0. The number of hydrogen-bond donors (Lipinski definition) is 0. The quantitative estimate of drug-likeness (QED) is 0.669. The Kier molecular flexibility index (Phi) is 2.69. The Morgan fingerprint density at radius 3 is 2.90 bits per heavy atom. The van der Waals surface area contributed by atoms with E-state index in [0.717, 1.165) is 5.56 Å². The number of hydrogen-bond acceptors (Lipinski definition) is 0. The van der Waals surface area contributed by atoms with Crippen molar-refractivity contribution in [1.82, 2.24) is 0 Å². The van der Waals surface area contributed by atoms with Crippen LogP contribution in [0.5, 0.6) is 0 Å². The van der Waals surface area contributed by atoms with Gasteiger partial charge in [-0.05, 0) is 34.7 Å². The van der Waals surface area contributed by atoms with E-state index < -0.39 is 0 Å². The van der Waals surface area contributed by atoms with Gasteiger partial charge in [-0.1, -0.05) is 17.0 Å². The summed E-state index contributed by atoms with van der Waals surface area (Å²) in [5, 5.41) is 0. The first kappa shape index (κ1) is 7.55. The highest BCUT2D eigenvalue weighted by atomic mass is 127. The number of halogens is 1. The standard InChI is InChI=1S/C8H7IN/c1-10-6-7-3-2-4-8(9)5-7/h1-5H,6H2/q+1. The van der Waals surface area contributed by atoms with Crippen molar-refractivity contribution in [1.29, 1.82) is 0 Å². The molecule has 0 aliphatic heterocycles. The Morgan fingerprint density at radius 2 is 2.30 bits per heavy atom. The summed E-state index contributed by atoms with van der Waals surface area (Å²) in [6, 6.07) is 8.12. The highest BCUT2D eigenvalue weighted by Gasteiger charge is 1.95. The number of rotatable bonds is 1. The Hall–Kier alpha value is -0.560. The van der Waals surface area contributed by atoms with Crippen LogP contribution in [0.3, 0.4) is 0 Å². The van der Waals surface area contributed by atoms with E-state index in [-0.39, 0.29) is 0 Å². The van der Waals surface area contributed by atoms with E-state index >= 15 is 0 Å². The van der Waals surface area contributed by atoms with Crippen LogP contribution in [0.4, 0.5) is 0 Å². The van der Waals surface area contributed by atoms with Gasteiger partial charge >= 0.3 is 0 Å². The van der Waals surface area contributed by atoms with Crippen LogP contribution >= 0.6 is 22.6 Å². The van der Waals surface area contributed by atoms with Crippen LogP contribution in [-0.2, 0) is 6.54 Å². The summed E-state index contributed by atoms with van der Waals surface area (Å²) < 4.78 is 1.22. The maximum atomic E-state index is 5.03. The zero-order chi connectivity index (χ0) is 7.40. The molecule has 0 N–H and O–H groups in total. The average Bonchev–Trinajstić information content (AvgIpc) is 1.88. The maximum absolute atomic E-state index is 5.03. The molecule has 1 aromatic rings. The van der Waals surface area contributed by atoms with E-state index in [2.05, 4.69) is 33.5 Å². The van der Waals surface area contributed by atoms with Gasteiger partial charge in [0.15, 0.2) is 0 Å². The van der Waals surface area contributed by atoms with Crippen molar-refractivity contribution in [2.24, 2.45) is 0 Å². The Labute approximate surface area is 74.0 Å². The van der Waals surface area contributed by atoms with Crippen molar-refractivity contribution in [3.63, 3.8) is 0 Å². The molecule has 10 heavy (non-hydrogen) atoms. The molecule has 0 radical (unpaired) electrons. The molecule has 0 atom stereocenters. The lowest BCUT2D eigenvalue weighted by molar-refractivity contribution is 1.26. The summed E-state index contributed by atoms with van der Waals surface area (Å²) >= 11 is 2.26. The molecule has 0 aromatic heterocycles. The molecule has 0 saturated heterocycles. The average molecular weight is 244 g/mol. The zero-order valence-electron chi connectivity index (χ0n) is 5.42. The minimum Gasteiger partial charge on any atom is -0.0817 e. The normalized spacial score (nSPS) is 8.80. The van der Waals surface area contributed by atoms with E-state index in [4.69, 9.17) is 6.57 Å². The molecule has 0 unspecified atom stereocenters. The summed E-state index contributed by atoms with van der Waals surface area (Å²) in [4.78, 5) is 3.54. The SMILES string of the molecule is C#[N+]Cc1cccc(I)c1. The van der Waals surface area contributed by atoms with Gasteiger partial charge < -0.3 is 0 Å². The molecule has 0 aliphatic carbocycles. The molecule has 0 spiro atoms. The van der Waals surface area contributed by atoms with Gasteiger partial charge in [0.05, 0.1) is 0 Å². The molecule has 0 bridgehead atoms. The molecular weight excluding hydrogens is 237 g/mol. The van der Waals surface area contributed by atoms with Crippen LogP contribution in [-0.4, -0.2) is 0 Å². The fourth-order valence-corrected chi connectivity index (χ4v) is 1.35. The lowest BCUT2D eigenvalue weighted by Gasteiger charge is -1.89. The third-order valence-electron chi connectivity index (χ3n) is 1.16. The Balaban J connectivity index is 2.87. The van der Waals surface area contributed by atoms with Crippen molar-refractivity contribution in [2.75, 3.05) is 0 Å². The van der Waals surface area contributed by atoms with Gasteiger partial charge in [-0.15, -0.1) is 0 Å². The van der Waals surface area contributed by atoms with Gasteiger partial charge in [-0.2, -0.15) is 0 Å². The lowest BCUT2D eigenvalue weighted by atomic mass is 10.2. The zero-order valence-corrected chi connectivity index (χ0v) is 7.58. The van der Waals surface area contributed by atoms with Crippen LogP contribution in [0.1, 0.15) is 5.56 Å². The second kappa shape index (κ2) is 3.57. The lowest BCUT2D eigenvalue weighted by Crippen LogP contribution is -1.78. The summed E-state index contributed by atoms with van der Waals surface area (Å²) in [6.45, 7) is 5.64. The fourth-order valence-electron chi connectivity index (χ4n) is 0.741. The minimum absolute atomic E-state index is 0.608. The predicted molar refractivity (Wildman–Crippen MR) is 51.2 cm³/mol. The first-order valence-electron chi connectivity index (χ1n) is 2.94. The molecule has 1 nitrogen and oxygen atoms in total. The van der Waals surface area contributed by atoms with Crippen LogP contribution in [0.15, 0.2) is 24.3 Å². The third kappa shape index (κ3) is 1.99. The van der Waals surface area contributed by atoms with Crippen molar-refractivity contribution in [2.45, 2.75) is 6.54 Å². The van der Waals surface area contributed by atoms with Crippen molar-refractivity contribution in [3.05, 3.63) is 38.2 Å². The van der Waals surface area contributed by atoms with Gasteiger partial charge in [0.1, 0.15) is 0 Å². The van der Waals surface area contributed by atoms with Gasteiger partial charge in [0.2, 0.25) is 0 Å². The van der Waals surface area contributed by atoms with Crippen molar-refractivity contribution in [3.8, 4) is 6.57 Å². The molecule has 0 aliphatic rings. The highest BCUT2D eigenvalue weighted by molar-refractivity contribution is 14.1. The molecule has 1 aromatic carbocycles. The Morgan fingerprint density at radius 1 is 1.50 bits per heavy atom. The van der Waals surface area contributed by atoms with Crippen LogP contribution in [0, 0.1) is 10.1 Å². The second-order valence-corrected chi connectivity index (χ2v) is 3.22. The van der Waals surface area contributed by atoms with E-state index in [1.165, 1.54) is 3.57 Å². The molecular formula is C8H7IN+. The fraction of sp³-hybridized carbons (Fsp3) is 0.125. The van der Waals surface area contributed by atoms with Crippen LogP contribution in [0.2, 0.25) is 0 Å². The smallest absolute Gasteiger partial charge is 0.0817 e. The van der Waals surface area contributed by atoms with Gasteiger partial charge in [0, 0.05) is 9.13 Å². The number of benzene rings is 1. The van der Waals surface area contributed by atoms with Gasteiger partial charge in [-0.25, -0.2) is 0 Å². The van der Waals surface area contributed by atoms with Crippen molar-refractivity contribution >= 4 is 22.6 Å². The summed E-state index contributed by atoms with van der Waals surface area (Å²) in [7, 11) is 0. The van der Waals surface area contributed by atoms with E-state index in [1.54, 1.807) is 0 Å². The highest BCUT2D eigenvalue weighted by Crippen LogP contribution is 2.08. The van der Waals surface area contributed by atoms with Gasteiger partial charge in [-0.3, -0.25) is 0 Å². The predicted octanol–water partition coefficient (Wildman–Crippen LogP) is 2.75. The first-order valence-corrected chi connectivity index (χ1v) is 4.02. The molecule has 0 heterocycles. The number of nitrogens with zero attached hydrogens (tertiary/aromatic N) is 1. The molecule has 0 fully saturated rings. The topological polar surface area (TPSA) is 4.36 Å². The van der Waals surface area contributed by atoms with Crippen LogP contribution in [0.25, 0.3) is 4.85 Å². The molecule has 50 valence electrons. The van der Waals surface area contributed by atoms with E-state index in [1.807, 2.05) is 18.2 Å². The maximum Gasteiger partial charge on any atom is 0.288 e. The molecule has 0 saturated carbocycles. The third-order valence-corrected chi connectivity index (χ3v) is 1.83. The summed E-state index contributed by atoms with van der Waals surface area (Å²) in [5.41, 5.74) is 1.16.